The molecule has 9 nitrogen and oxygen atoms in total. The number of aromatic nitrogens is 2. The molecule has 1 aliphatic heterocycles. The molecule has 5 rings (SSSR count). The summed E-state index contributed by atoms with van der Waals surface area (Å²) in [6, 6.07) is 21.1. The van der Waals surface area contributed by atoms with Crippen LogP contribution in [-0.4, -0.2) is 46.3 Å². The average molecular weight is 585 g/mol. The summed E-state index contributed by atoms with van der Waals surface area (Å²) in [6.07, 6.45) is 0. The van der Waals surface area contributed by atoms with Gasteiger partial charge >= 0.3 is 0 Å². The van der Waals surface area contributed by atoms with Crippen molar-refractivity contribution in [2.24, 2.45) is 0 Å². The zero-order valence-electron chi connectivity index (χ0n) is 23.9. The van der Waals surface area contributed by atoms with E-state index in [-0.39, 0.29) is 30.9 Å². The number of rotatable bonds is 10. The number of carbonyl (C=O) groups is 2. The molecule has 0 saturated heterocycles. The molecule has 10 heteroatoms. The lowest BCUT2D eigenvalue weighted by atomic mass is 10.0. The second-order valence-corrected chi connectivity index (χ2v) is 10.8. The van der Waals surface area contributed by atoms with Crippen molar-refractivity contribution in [3.63, 3.8) is 0 Å². The third kappa shape index (κ3) is 6.83. The number of thioether (sulfide) groups is 1. The molecule has 2 amide bonds. The van der Waals surface area contributed by atoms with Crippen molar-refractivity contribution in [2.45, 2.75) is 38.5 Å². The summed E-state index contributed by atoms with van der Waals surface area (Å²) in [4.78, 5) is 38.8. The molecule has 0 radical (unpaired) electrons. The number of hydrogen-bond donors (Lipinski definition) is 1. The van der Waals surface area contributed by atoms with Crippen LogP contribution in [0, 0.1) is 20.8 Å². The monoisotopic (exact) mass is 584 g/mol. The first-order chi connectivity index (χ1) is 20.3. The minimum Gasteiger partial charge on any atom is -0.497 e. The third-order valence-electron chi connectivity index (χ3n) is 6.84. The van der Waals surface area contributed by atoms with Crippen LogP contribution in [0.4, 0.5) is 5.69 Å². The zero-order chi connectivity index (χ0) is 29.6. The number of hydrogen-bond acceptors (Lipinski definition) is 8. The van der Waals surface area contributed by atoms with Gasteiger partial charge < -0.3 is 24.4 Å². The van der Waals surface area contributed by atoms with Crippen LogP contribution in [0.3, 0.4) is 0 Å². The van der Waals surface area contributed by atoms with Crippen molar-refractivity contribution in [1.82, 2.24) is 14.9 Å². The molecule has 216 valence electrons. The van der Waals surface area contributed by atoms with Gasteiger partial charge in [-0.2, -0.15) is 0 Å². The molecule has 1 atom stereocenters. The first-order valence-electron chi connectivity index (χ1n) is 13.4. The fourth-order valence-corrected chi connectivity index (χ4v) is 5.54. The number of ether oxygens (including phenoxy) is 3. The van der Waals surface area contributed by atoms with Crippen LogP contribution >= 0.6 is 11.8 Å². The van der Waals surface area contributed by atoms with Gasteiger partial charge in [-0.15, -0.1) is 0 Å². The Kier molecular flexibility index (Phi) is 8.92. The van der Waals surface area contributed by atoms with E-state index in [1.165, 1.54) is 11.8 Å². The van der Waals surface area contributed by atoms with Crippen molar-refractivity contribution in [3.8, 4) is 17.2 Å². The Labute approximate surface area is 249 Å². The van der Waals surface area contributed by atoms with Gasteiger partial charge in [0.25, 0.3) is 5.91 Å². The molecule has 2 heterocycles. The Morgan fingerprint density at radius 1 is 0.952 bits per heavy atom. The highest BCUT2D eigenvalue weighted by Gasteiger charge is 2.33. The summed E-state index contributed by atoms with van der Waals surface area (Å²) >= 11 is 1.25. The summed E-state index contributed by atoms with van der Waals surface area (Å²) in [5.41, 5.74) is 4.77. The molecule has 3 aromatic carbocycles. The summed E-state index contributed by atoms with van der Waals surface area (Å²) in [7, 11) is 1.58. The highest BCUT2D eigenvalue weighted by molar-refractivity contribution is 7.99. The number of nitrogens with one attached hydrogen (secondary N) is 1. The molecule has 0 bridgehead atoms. The molecule has 1 N–H and O–H groups in total. The molecule has 1 unspecified atom stereocenters. The second-order valence-electron chi connectivity index (χ2n) is 9.90. The van der Waals surface area contributed by atoms with E-state index in [0.717, 1.165) is 22.5 Å². The van der Waals surface area contributed by atoms with E-state index in [1.807, 2.05) is 51.1 Å². The van der Waals surface area contributed by atoms with Crippen LogP contribution in [0.15, 0.2) is 78.0 Å². The van der Waals surface area contributed by atoms with Crippen LogP contribution in [0.5, 0.6) is 17.2 Å². The van der Waals surface area contributed by atoms with E-state index >= 15 is 0 Å². The molecular weight excluding hydrogens is 552 g/mol. The quantitative estimate of drug-likeness (QED) is 0.189. The number of carbonyl (C=O) groups excluding carboxylic acids is 2. The summed E-state index contributed by atoms with van der Waals surface area (Å²) in [5.74, 6) is 1.23. The Morgan fingerprint density at radius 2 is 1.67 bits per heavy atom. The normalized spacial score (nSPS) is 12.5. The lowest BCUT2D eigenvalue weighted by Crippen LogP contribution is -2.42. The second kappa shape index (κ2) is 12.9. The number of amides is 2. The van der Waals surface area contributed by atoms with E-state index < -0.39 is 6.04 Å². The Bertz CT molecular complexity index is 1570. The molecule has 0 saturated carbocycles. The minimum atomic E-state index is -0.977. The first kappa shape index (κ1) is 28.9. The standard InChI is InChI=1S/C32H32N4O5S/c1-20-7-5-6-8-24(20)17-36(29(37)18-42-32-33-21(2)15-22(3)34-32)30(23-9-14-27-28(16-23)41-19-40-27)31(38)35-25-10-12-26(39-4)13-11-25/h5-16,30H,17-19H2,1-4H3,(H,35,38). The van der Waals surface area contributed by atoms with Gasteiger partial charge in [-0.1, -0.05) is 42.1 Å². The first-order valence-corrected chi connectivity index (χ1v) is 14.4. The van der Waals surface area contributed by atoms with Crippen LogP contribution in [-0.2, 0) is 16.1 Å². The maximum Gasteiger partial charge on any atom is 0.251 e. The Hall–Kier alpha value is -4.57. The number of methoxy groups -OCH3 is 1. The van der Waals surface area contributed by atoms with E-state index in [0.29, 0.717) is 33.7 Å². The fraction of sp³-hybridized carbons (Fsp3) is 0.250. The number of nitrogens with zero attached hydrogens (tertiary/aromatic N) is 3. The topological polar surface area (TPSA) is 103 Å². The summed E-state index contributed by atoms with van der Waals surface area (Å²) in [5, 5.41) is 3.51. The lowest BCUT2D eigenvalue weighted by molar-refractivity contribution is -0.137. The van der Waals surface area contributed by atoms with Gasteiger partial charge in [0, 0.05) is 23.6 Å². The molecule has 1 aliphatic rings. The fourth-order valence-electron chi connectivity index (χ4n) is 4.70. The van der Waals surface area contributed by atoms with Gasteiger partial charge in [0.2, 0.25) is 12.7 Å². The highest BCUT2D eigenvalue weighted by Crippen LogP contribution is 2.37. The summed E-state index contributed by atoms with van der Waals surface area (Å²) < 4.78 is 16.4. The van der Waals surface area contributed by atoms with Gasteiger partial charge in [-0.05, 0) is 79.9 Å². The van der Waals surface area contributed by atoms with Gasteiger partial charge in [0.1, 0.15) is 11.8 Å². The van der Waals surface area contributed by atoms with Crippen molar-refractivity contribution >= 4 is 29.3 Å². The molecule has 0 aliphatic carbocycles. The van der Waals surface area contributed by atoms with Crippen molar-refractivity contribution < 1.29 is 23.8 Å². The third-order valence-corrected chi connectivity index (χ3v) is 7.67. The molecule has 4 aromatic rings. The van der Waals surface area contributed by atoms with Gasteiger partial charge in [0.05, 0.1) is 12.9 Å². The van der Waals surface area contributed by atoms with E-state index in [9.17, 15) is 9.59 Å². The number of aryl methyl sites for hydroxylation is 3. The van der Waals surface area contributed by atoms with Crippen LogP contribution in [0.25, 0.3) is 0 Å². The van der Waals surface area contributed by atoms with Gasteiger partial charge in [0.15, 0.2) is 16.7 Å². The maximum atomic E-state index is 14.1. The molecule has 0 spiro atoms. The SMILES string of the molecule is COc1ccc(NC(=O)C(c2ccc3c(c2)OCO3)N(Cc2ccccc2C)C(=O)CSc2nc(C)cc(C)n2)cc1. The molecular formula is C32H32N4O5S. The largest absolute Gasteiger partial charge is 0.497 e. The predicted octanol–water partition coefficient (Wildman–Crippen LogP) is 5.64. The van der Waals surface area contributed by atoms with Crippen molar-refractivity contribution in [2.75, 3.05) is 25.0 Å². The van der Waals surface area contributed by atoms with Gasteiger partial charge in [-0.25, -0.2) is 9.97 Å². The summed E-state index contributed by atoms with van der Waals surface area (Å²) in [6.45, 7) is 6.09. The smallest absolute Gasteiger partial charge is 0.251 e. The Balaban J connectivity index is 1.52. The predicted molar refractivity (Wildman–Crippen MR) is 161 cm³/mol. The lowest BCUT2D eigenvalue weighted by Gasteiger charge is -2.32. The molecule has 42 heavy (non-hydrogen) atoms. The van der Waals surface area contributed by atoms with Crippen LogP contribution < -0.4 is 19.5 Å². The Morgan fingerprint density at radius 3 is 2.38 bits per heavy atom. The van der Waals surface area contributed by atoms with Crippen LogP contribution in [0.1, 0.15) is 34.1 Å². The van der Waals surface area contributed by atoms with E-state index in [4.69, 9.17) is 14.2 Å². The van der Waals surface area contributed by atoms with Crippen molar-refractivity contribution in [3.05, 3.63) is 101 Å². The molecule has 1 aromatic heterocycles. The minimum absolute atomic E-state index is 0.0473. The zero-order valence-corrected chi connectivity index (χ0v) is 24.7. The van der Waals surface area contributed by atoms with Crippen LogP contribution in [0.2, 0.25) is 0 Å². The van der Waals surface area contributed by atoms with Gasteiger partial charge in [-0.3, -0.25) is 9.59 Å². The average Bonchev–Trinajstić information content (AvgIpc) is 3.45. The van der Waals surface area contributed by atoms with E-state index in [1.54, 1.807) is 54.5 Å². The van der Waals surface area contributed by atoms with E-state index in [2.05, 4.69) is 15.3 Å². The molecule has 0 fully saturated rings. The maximum absolute atomic E-state index is 14.1. The highest BCUT2D eigenvalue weighted by atomic mass is 32.2. The number of benzene rings is 3. The van der Waals surface area contributed by atoms with Crippen molar-refractivity contribution in [1.29, 1.82) is 0 Å². The number of anilines is 1. The number of fused-ring (bicyclic) bond motifs is 1.